The number of esters is 1. The summed E-state index contributed by atoms with van der Waals surface area (Å²) in [6.07, 6.45) is 0.519. The molecular weight excluding hydrogens is 350 g/mol. The maximum Gasteiger partial charge on any atom is 0.313 e. The molecule has 7 heteroatoms. The molecular formula is C20H17NO6. The van der Waals surface area contributed by atoms with Gasteiger partial charge in [-0.2, -0.15) is 0 Å². The number of carbonyl (C=O) groups is 3. The van der Waals surface area contributed by atoms with E-state index in [4.69, 9.17) is 14.2 Å². The molecule has 138 valence electrons. The molecule has 2 aliphatic rings. The number of amides is 1. The number of hydrogen-bond donors (Lipinski definition) is 1. The molecule has 1 N–H and O–H groups in total. The van der Waals surface area contributed by atoms with Gasteiger partial charge < -0.3 is 19.5 Å². The smallest absolute Gasteiger partial charge is 0.313 e. The largest absolute Gasteiger partial charge is 0.492 e. The number of ketones is 1. The number of nitrogens with one attached hydrogen (secondary N) is 1. The average Bonchev–Trinajstić information content (AvgIpc) is 2.70. The zero-order chi connectivity index (χ0) is 18.8. The molecule has 0 fully saturated rings. The lowest BCUT2D eigenvalue weighted by Crippen LogP contribution is -2.31. The Labute approximate surface area is 155 Å². The summed E-state index contributed by atoms with van der Waals surface area (Å²) in [7, 11) is 0. The molecule has 2 aromatic carbocycles. The van der Waals surface area contributed by atoms with E-state index in [1.165, 1.54) is 6.07 Å². The van der Waals surface area contributed by atoms with Gasteiger partial charge in [-0.3, -0.25) is 14.4 Å². The van der Waals surface area contributed by atoms with Gasteiger partial charge in [-0.15, -0.1) is 0 Å². The highest BCUT2D eigenvalue weighted by molar-refractivity contribution is 6.01. The van der Waals surface area contributed by atoms with Crippen LogP contribution in [0, 0.1) is 5.92 Å². The summed E-state index contributed by atoms with van der Waals surface area (Å²) < 4.78 is 16.0. The van der Waals surface area contributed by atoms with Gasteiger partial charge in [-0.25, -0.2) is 0 Å². The SMILES string of the molecule is O=C1COc2ccc(C(=O)COC(=O)[C@@H]3COc4ccccc4C3)cc2N1. The van der Waals surface area contributed by atoms with Gasteiger partial charge in [0, 0.05) is 5.56 Å². The van der Waals surface area contributed by atoms with Crippen molar-refractivity contribution in [1.29, 1.82) is 0 Å². The third-order valence-electron chi connectivity index (χ3n) is 4.49. The van der Waals surface area contributed by atoms with Crippen molar-refractivity contribution in [3.8, 4) is 11.5 Å². The van der Waals surface area contributed by atoms with Crippen molar-refractivity contribution in [1.82, 2.24) is 0 Å². The highest BCUT2D eigenvalue weighted by Gasteiger charge is 2.28. The first-order chi connectivity index (χ1) is 13.1. The van der Waals surface area contributed by atoms with Crippen molar-refractivity contribution in [2.75, 3.05) is 25.1 Å². The van der Waals surface area contributed by atoms with E-state index < -0.39 is 11.9 Å². The van der Waals surface area contributed by atoms with E-state index in [1.807, 2.05) is 24.3 Å². The van der Waals surface area contributed by atoms with Crippen molar-refractivity contribution in [3.05, 3.63) is 53.6 Å². The van der Waals surface area contributed by atoms with Gasteiger partial charge in [0.25, 0.3) is 5.91 Å². The lowest BCUT2D eigenvalue weighted by Gasteiger charge is -2.23. The highest BCUT2D eigenvalue weighted by Crippen LogP contribution is 2.29. The molecule has 7 nitrogen and oxygen atoms in total. The van der Waals surface area contributed by atoms with E-state index in [-0.39, 0.29) is 31.5 Å². The second-order valence-electron chi connectivity index (χ2n) is 6.40. The molecule has 2 aliphatic heterocycles. The second-order valence-corrected chi connectivity index (χ2v) is 6.40. The Hall–Kier alpha value is -3.35. The van der Waals surface area contributed by atoms with Crippen LogP contribution in [0.2, 0.25) is 0 Å². The normalized spacial score (nSPS) is 17.5. The summed E-state index contributed by atoms with van der Waals surface area (Å²) in [6.45, 7) is -0.193. The molecule has 0 aromatic heterocycles. The van der Waals surface area contributed by atoms with Gasteiger partial charge >= 0.3 is 5.97 Å². The van der Waals surface area contributed by atoms with Gasteiger partial charge in [0.15, 0.2) is 19.0 Å². The fourth-order valence-electron chi connectivity index (χ4n) is 3.07. The van der Waals surface area contributed by atoms with Crippen LogP contribution in [0.5, 0.6) is 11.5 Å². The number of anilines is 1. The van der Waals surface area contributed by atoms with Gasteiger partial charge in [0.1, 0.15) is 18.1 Å². The predicted molar refractivity (Wildman–Crippen MR) is 95.0 cm³/mol. The highest BCUT2D eigenvalue weighted by atomic mass is 16.5. The molecule has 0 spiro atoms. The van der Waals surface area contributed by atoms with Crippen molar-refractivity contribution >= 4 is 23.3 Å². The number of para-hydroxylation sites is 1. The van der Waals surface area contributed by atoms with Crippen molar-refractivity contribution in [2.24, 2.45) is 5.92 Å². The summed E-state index contributed by atoms with van der Waals surface area (Å²) in [5.74, 6) is -0.271. The third kappa shape index (κ3) is 3.62. The Morgan fingerprint density at radius 2 is 1.96 bits per heavy atom. The van der Waals surface area contributed by atoms with E-state index >= 15 is 0 Å². The van der Waals surface area contributed by atoms with Crippen molar-refractivity contribution < 1.29 is 28.6 Å². The average molecular weight is 367 g/mol. The first kappa shape index (κ1) is 17.1. The van der Waals surface area contributed by atoms with Crippen LogP contribution >= 0.6 is 0 Å². The molecule has 0 saturated carbocycles. The second kappa shape index (κ2) is 7.11. The summed E-state index contributed by atoms with van der Waals surface area (Å²) in [4.78, 5) is 36.0. The van der Waals surface area contributed by atoms with E-state index in [0.29, 0.717) is 23.4 Å². The molecule has 0 radical (unpaired) electrons. The lowest BCUT2D eigenvalue weighted by atomic mass is 9.97. The number of carbonyl (C=O) groups excluding carboxylic acids is 3. The Morgan fingerprint density at radius 1 is 1.11 bits per heavy atom. The Balaban J connectivity index is 1.36. The van der Waals surface area contributed by atoms with Crippen LogP contribution in [-0.2, 0) is 20.7 Å². The van der Waals surface area contributed by atoms with Crippen LogP contribution in [0.15, 0.2) is 42.5 Å². The van der Waals surface area contributed by atoms with Crippen LogP contribution < -0.4 is 14.8 Å². The maximum absolute atomic E-state index is 12.3. The first-order valence-electron chi connectivity index (χ1n) is 8.57. The number of fused-ring (bicyclic) bond motifs is 2. The monoisotopic (exact) mass is 367 g/mol. The van der Waals surface area contributed by atoms with Crippen molar-refractivity contribution in [3.63, 3.8) is 0 Å². The minimum absolute atomic E-state index is 0.0511. The number of rotatable bonds is 4. The molecule has 1 atom stereocenters. The molecule has 4 rings (SSSR count). The minimum atomic E-state index is -0.465. The van der Waals surface area contributed by atoms with E-state index in [0.717, 1.165) is 11.3 Å². The van der Waals surface area contributed by atoms with Crippen molar-refractivity contribution in [2.45, 2.75) is 6.42 Å². The Bertz CT molecular complexity index is 922. The fraction of sp³-hybridized carbons (Fsp3) is 0.250. The van der Waals surface area contributed by atoms with Crippen LogP contribution in [0.25, 0.3) is 0 Å². The molecule has 2 heterocycles. The van der Waals surface area contributed by atoms with Crippen LogP contribution in [0.4, 0.5) is 5.69 Å². The number of benzene rings is 2. The van der Waals surface area contributed by atoms with Gasteiger partial charge in [-0.1, -0.05) is 18.2 Å². The maximum atomic E-state index is 12.3. The lowest BCUT2D eigenvalue weighted by molar-refractivity contribution is -0.148. The van der Waals surface area contributed by atoms with Gasteiger partial charge in [0.05, 0.1) is 11.6 Å². The minimum Gasteiger partial charge on any atom is -0.492 e. The van der Waals surface area contributed by atoms with E-state index in [2.05, 4.69) is 5.32 Å². The van der Waals surface area contributed by atoms with Gasteiger partial charge in [0.2, 0.25) is 0 Å². The quantitative estimate of drug-likeness (QED) is 0.657. The van der Waals surface area contributed by atoms with E-state index in [9.17, 15) is 14.4 Å². The predicted octanol–water partition coefficient (Wildman–Crippen LogP) is 1.99. The summed E-state index contributed by atoms with van der Waals surface area (Å²) in [6, 6.07) is 12.2. The molecule has 0 unspecified atom stereocenters. The molecule has 1 amide bonds. The molecule has 0 bridgehead atoms. The number of ether oxygens (including phenoxy) is 3. The summed E-state index contributed by atoms with van der Waals surface area (Å²) in [5.41, 5.74) is 1.71. The summed E-state index contributed by atoms with van der Waals surface area (Å²) in [5, 5.41) is 2.64. The fourth-order valence-corrected chi connectivity index (χ4v) is 3.07. The molecule has 2 aromatic rings. The zero-order valence-electron chi connectivity index (χ0n) is 14.4. The number of hydrogen-bond acceptors (Lipinski definition) is 6. The molecule has 27 heavy (non-hydrogen) atoms. The molecule has 0 saturated heterocycles. The third-order valence-corrected chi connectivity index (χ3v) is 4.49. The van der Waals surface area contributed by atoms with Gasteiger partial charge in [-0.05, 0) is 36.2 Å². The van der Waals surface area contributed by atoms with Crippen LogP contribution in [0.3, 0.4) is 0 Å². The Morgan fingerprint density at radius 3 is 2.85 bits per heavy atom. The zero-order valence-corrected chi connectivity index (χ0v) is 14.4. The number of Topliss-reactive ketones (excluding diaryl/α,β-unsaturated/α-hetero) is 1. The first-order valence-corrected chi connectivity index (χ1v) is 8.57. The molecule has 0 aliphatic carbocycles. The van der Waals surface area contributed by atoms with Crippen LogP contribution in [0.1, 0.15) is 15.9 Å². The van der Waals surface area contributed by atoms with E-state index in [1.54, 1.807) is 12.1 Å². The summed E-state index contributed by atoms with van der Waals surface area (Å²) >= 11 is 0. The Kier molecular flexibility index (Phi) is 4.50. The van der Waals surface area contributed by atoms with Crippen LogP contribution in [-0.4, -0.2) is 37.5 Å². The standard InChI is InChI=1S/C20H17NO6/c22-16(12-5-6-18-15(8-12)21-19(23)11-26-18)10-27-20(24)14-7-13-3-1-2-4-17(13)25-9-14/h1-6,8,14H,7,9-11H2,(H,21,23)/t14-/m0/s1. The topological polar surface area (TPSA) is 90.9 Å².